The Hall–Kier alpha value is -2.70. The topological polar surface area (TPSA) is 91.2 Å². The molecule has 6 nitrogen and oxygen atoms in total. The van der Waals surface area contributed by atoms with Crippen molar-refractivity contribution in [3.63, 3.8) is 0 Å². The van der Waals surface area contributed by atoms with Crippen LogP contribution in [0.15, 0.2) is 59.1 Å². The Kier molecular flexibility index (Phi) is 5.15. The van der Waals surface area contributed by atoms with E-state index in [2.05, 4.69) is 10.3 Å². The number of hydrogen-bond donors (Lipinski definition) is 3. The van der Waals surface area contributed by atoms with Crippen molar-refractivity contribution in [3.8, 4) is 5.75 Å². The Morgan fingerprint density at radius 3 is 2.79 bits per heavy atom. The fraction of sp³-hybridized carbons (Fsp3) is 0.364. The molecule has 1 unspecified atom stereocenters. The maximum atomic E-state index is 13.0. The van der Waals surface area contributed by atoms with Crippen LogP contribution in [0.3, 0.4) is 0 Å². The third kappa shape index (κ3) is 3.53. The molecule has 3 aliphatic rings. The normalized spacial score (nSPS) is 23.2. The van der Waals surface area contributed by atoms with Crippen molar-refractivity contribution in [1.82, 2.24) is 5.32 Å². The number of aliphatic hydroxyl groups is 1. The number of rotatable bonds is 4. The predicted molar refractivity (Wildman–Crippen MR) is 107 cm³/mol. The van der Waals surface area contributed by atoms with Gasteiger partial charge in [0, 0.05) is 31.1 Å². The molecule has 1 atom stereocenters. The van der Waals surface area contributed by atoms with Crippen molar-refractivity contribution < 1.29 is 19.7 Å². The molecule has 3 N–H and O–H groups in total. The van der Waals surface area contributed by atoms with Crippen LogP contribution >= 0.6 is 0 Å². The van der Waals surface area contributed by atoms with Crippen molar-refractivity contribution in [2.45, 2.75) is 24.8 Å². The minimum absolute atomic E-state index is 0.0256. The number of allylic oxidation sites excluding steroid dienone is 5. The number of benzene rings is 1. The molecule has 6 heteroatoms. The monoisotopic (exact) mass is 380 g/mol. The van der Waals surface area contributed by atoms with Crippen LogP contribution < -0.4 is 5.32 Å². The second-order valence-electron chi connectivity index (χ2n) is 7.44. The summed E-state index contributed by atoms with van der Waals surface area (Å²) in [5.41, 5.74) is 1.95. The second-order valence-corrected chi connectivity index (χ2v) is 7.44. The fourth-order valence-corrected chi connectivity index (χ4v) is 3.90. The molecular formula is C22H24N2O4. The zero-order chi connectivity index (χ0) is 19.6. The molecule has 2 aliphatic heterocycles. The summed E-state index contributed by atoms with van der Waals surface area (Å²) >= 11 is 0. The fourth-order valence-electron chi connectivity index (χ4n) is 3.90. The summed E-state index contributed by atoms with van der Waals surface area (Å²) in [7, 11) is 0. The Labute approximate surface area is 163 Å². The van der Waals surface area contributed by atoms with Crippen LogP contribution in [0.1, 0.15) is 24.8 Å². The average Bonchev–Trinajstić information content (AvgIpc) is 2.74. The lowest BCUT2D eigenvalue weighted by molar-refractivity contribution is -0.119. The molecule has 0 saturated carbocycles. The average molecular weight is 380 g/mol. The number of aliphatic imine (C=N–C) groups is 1. The van der Waals surface area contributed by atoms with Crippen LogP contribution in [0.4, 0.5) is 0 Å². The molecule has 0 aromatic heterocycles. The first-order chi connectivity index (χ1) is 13.6. The van der Waals surface area contributed by atoms with Gasteiger partial charge in [-0.2, -0.15) is 0 Å². The maximum Gasteiger partial charge on any atom is 0.266 e. The number of para-hydroxylation sites is 1. The highest BCUT2D eigenvalue weighted by Gasteiger charge is 2.36. The lowest BCUT2D eigenvalue weighted by Crippen LogP contribution is -2.56. The van der Waals surface area contributed by atoms with Gasteiger partial charge in [0.1, 0.15) is 11.5 Å². The molecule has 1 aromatic carbocycles. The highest BCUT2D eigenvalue weighted by Crippen LogP contribution is 2.38. The molecule has 0 radical (unpaired) electrons. The van der Waals surface area contributed by atoms with Crippen LogP contribution in [0.25, 0.3) is 5.70 Å². The van der Waals surface area contributed by atoms with Crippen LogP contribution in [0.2, 0.25) is 0 Å². The third-order valence-corrected chi connectivity index (χ3v) is 5.62. The number of nitrogens with zero attached hydrogens (tertiary/aromatic N) is 1. The molecule has 1 amide bonds. The highest BCUT2D eigenvalue weighted by atomic mass is 16.5. The molecule has 0 bridgehead atoms. The summed E-state index contributed by atoms with van der Waals surface area (Å²) in [6.07, 6.45) is 9.56. The summed E-state index contributed by atoms with van der Waals surface area (Å²) in [5.74, 6) is -0.114. The van der Waals surface area contributed by atoms with E-state index in [-0.39, 0.29) is 24.2 Å². The summed E-state index contributed by atoms with van der Waals surface area (Å²) in [4.78, 5) is 17.7. The van der Waals surface area contributed by atoms with Gasteiger partial charge < -0.3 is 20.3 Å². The Morgan fingerprint density at radius 2 is 2.04 bits per heavy atom. The number of carbonyl (C=O) groups excluding carboxylic acids is 1. The number of amides is 1. The van der Waals surface area contributed by atoms with Gasteiger partial charge in [-0.3, -0.25) is 4.79 Å². The maximum absolute atomic E-state index is 13.0. The minimum atomic E-state index is -0.667. The number of hydrogen-bond acceptors (Lipinski definition) is 5. The molecule has 1 aliphatic carbocycles. The van der Waals surface area contributed by atoms with Crippen molar-refractivity contribution in [1.29, 1.82) is 0 Å². The number of aliphatic hydroxyl groups excluding tert-OH is 1. The number of carbonyl (C=O) groups is 1. The largest absolute Gasteiger partial charge is 0.507 e. The van der Waals surface area contributed by atoms with Gasteiger partial charge >= 0.3 is 0 Å². The number of aromatic hydroxyl groups is 1. The van der Waals surface area contributed by atoms with Crippen LogP contribution in [0, 0.1) is 5.92 Å². The Balaban J connectivity index is 1.69. The van der Waals surface area contributed by atoms with Crippen molar-refractivity contribution in [2.75, 3.05) is 19.8 Å². The Morgan fingerprint density at radius 1 is 1.25 bits per heavy atom. The van der Waals surface area contributed by atoms with Crippen molar-refractivity contribution in [2.24, 2.45) is 10.9 Å². The summed E-state index contributed by atoms with van der Waals surface area (Å²) in [6, 6.07) is 7.02. The van der Waals surface area contributed by atoms with Crippen molar-refractivity contribution >= 4 is 17.3 Å². The molecule has 1 aromatic rings. The smallest absolute Gasteiger partial charge is 0.266 e. The molecule has 2 heterocycles. The van der Waals surface area contributed by atoms with Gasteiger partial charge in [-0.1, -0.05) is 36.4 Å². The van der Waals surface area contributed by atoms with Gasteiger partial charge in [0.25, 0.3) is 5.91 Å². The number of phenols is 1. The number of nitrogens with one attached hydrogen (secondary N) is 1. The van der Waals surface area contributed by atoms with E-state index in [4.69, 9.17) is 4.74 Å². The summed E-state index contributed by atoms with van der Waals surface area (Å²) in [6.45, 7) is 0.891. The van der Waals surface area contributed by atoms with E-state index in [0.717, 1.165) is 5.57 Å². The quantitative estimate of drug-likeness (QED) is 0.748. The third-order valence-electron chi connectivity index (χ3n) is 5.62. The van der Waals surface area contributed by atoms with Gasteiger partial charge in [0.15, 0.2) is 0 Å². The summed E-state index contributed by atoms with van der Waals surface area (Å²) in [5, 5.41) is 23.2. The molecule has 1 saturated heterocycles. The first-order valence-corrected chi connectivity index (χ1v) is 9.58. The van der Waals surface area contributed by atoms with Gasteiger partial charge in [-0.25, -0.2) is 4.99 Å². The molecule has 1 fully saturated rings. The lowest BCUT2D eigenvalue weighted by Gasteiger charge is -2.37. The van der Waals surface area contributed by atoms with E-state index >= 15 is 0 Å². The molecule has 146 valence electrons. The van der Waals surface area contributed by atoms with Crippen LogP contribution in [-0.4, -0.2) is 47.2 Å². The number of ether oxygens (including phenoxy) is 1. The van der Waals surface area contributed by atoms with E-state index in [1.54, 1.807) is 18.2 Å². The molecular weight excluding hydrogens is 356 g/mol. The van der Waals surface area contributed by atoms with Crippen LogP contribution in [0.5, 0.6) is 5.75 Å². The van der Waals surface area contributed by atoms with E-state index in [1.807, 2.05) is 30.4 Å². The molecule has 0 spiro atoms. The van der Waals surface area contributed by atoms with Gasteiger partial charge in [-0.05, 0) is 30.5 Å². The number of phenolic OH excluding ortho intramolecular Hbond substituents is 1. The second kappa shape index (κ2) is 7.73. The summed E-state index contributed by atoms with van der Waals surface area (Å²) < 4.78 is 5.37. The van der Waals surface area contributed by atoms with E-state index in [1.165, 1.54) is 0 Å². The van der Waals surface area contributed by atoms with Crippen molar-refractivity contribution in [3.05, 3.63) is 59.7 Å². The lowest BCUT2D eigenvalue weighted by atomic mass is 9.83. The van der Waals surface area contributed by atoms with Crippen LogP contribution in [-0.2, 0) is 9.53 Å². The highest BCUT2D eigenvalue weighted by molar-refractivity contribution is 6.40. The van der Waals surface area contributed by atoms with Gasteiger partial charge in [0.05, 0.1) is 17.8 Å². The first-order valence-electron chi connectivity index (χ1n) is 9.58. The zero-order valence-electron chi connectivity index (χ0n) is 15.6. The SMILES string of the molecule is O=C(NC1(CO)CCOCC1)C1=NC(c2ccccc2O)=C2C=CC=CC2C1. The first kappa shape index (κ1) is 18.7. The minimum Gasteiger partial charge on any atom is -0.507 e. The Bertz CT molecular complexity index is 892. The molecule has 4 rings (SSSR count). The van der Waals surface area contributed by atoms with E-state index < -0.39 is 5.54 Å². The van der Waals surface area contributed by atoms with Gasteiger partial charge in [-0.15, -0.1) is 0 Å². The number of fused-ring (bicyclic) bond motifs is 1. The van der Waals surface area contributed by atoms with E-state index in [0.29, 0.717) is 49.4 Å². The molecule has 28 heavy (non-hydrogen) atoms. The standard InChI is InChI=1S/C22H24N2O4/c25-14-22(9-11-28-12-10-22)24-21(27)18-13-15-5-1-2-6-16(15)20(23-18)17-7-3-4-8-19(17)26/h1-8,15,25-26H,9-14H2,(H,24,27). The predicted octanol–water partition coefficient (Wildman–Crippen LogP) is 2.35. The van der Waals surface area contributed by atoms with Gasteiger partial charge in [0.2, 0.25) is 0 Å². The van der Waals surface area contributed by atoms with E-state index in [9.17, 15) is 15.0 Å². The zero-order valence-corrected chi connectivity index (χ0v) is 15.6.